The SMILES string of the molecule is CCNC(COCC(F)(F)F)Cc1cc(F)cc(Br)c1. The molecule has 1 N–H and O–H groups in total. The van der Waals surface area contributed by atoms with Crippen LogP contribution in [0, 0.1) is 5.82 Å². The summed E-state index contributed by atoms with van der Waals surface area (Å²) in [5, 5.41) is 3.03. The summed E-state index contributed by atoms with van der Waals surface area (Å²) in [4.78, 5) is 0. The van der Waals surface area contributed by atoms with Gasteiger partial charge in [-0.05, 0) is 36.7 Å². The van der Waals surface area contributed by atoms with Crippen molar-refractivity contribution in [1.82, 2.24) is 5.32 Å². The van der Waals surface area contributed by atoms with Crippen LogP contribution in [0.1, 0.15) is 12.5 Å². The fourth-order valence-electron chi connectivity index (χ4n) is 1.81. The Balaban J connectivity index is 2.57. The number of rotatable bonds is 7. The summed E-state index contributed by atoms with van der Waals surface area (Å²) < 4.78 is 54.6. The number of alkyl halides is 3. The van der Waals surface area contributed by atoms with E-state index in [9.17, 15) is 17.6 Å². The van der Waals surface area contributed by atoms with Gasteiger partial charge >= 0.3 is 6.18 Å². The van der Waals surface area contributed by atoms with E-state index in [4.69, 9.17) is 0 Å². The van der Waals surface area contributed by atoms with E-state index in [0.717, 1.165) is 0 Å². The highest BCUT2D eigenvalue weighted by atomic mass is 79.9. The third kappa shape index (κ3) is 7.21. The lowest BCUT2D eigenvalue weighted by molar-refractivity contribution is -0.175. The van der Waals surface area contributed by atoms with Crippen LogP contribution in [0.4, 0.5) is 17.6 Å². The van der Waals surface area contributed by atoms with Gasteiger partial charge in [0.05, 0.1) is 6.61 Å². The highest BCUT2D eigenvalue weighted by Gasteiger charge is 2.27. The van der Waals surface area contributed by atoms with E-state index in [1.165, 1.54) is 12.1 Å². The first kappa shape index (κ1) is 17.4. The maximum Gasteiger partial charge on any atom is 0.411 e. The number of hydrogen-bond donors (Lipinski definition) is 1. The highest BCUT2D eigenvalue weighted by Crippen LogP contribution is 2.17. The molecule has 0 amide bonds. The second kappa shape index (κ2) is 7.95. The summed E-state index contributed by atoms with van der Waals surface area (Å²) in [5.41, 5.74) is 0.693. The Morgan fingerprint density at radius 1 is 1.30 bits per heavy atom. The molecule has 0 radical (unpaired) electrons. The van der Waals surface area contributed by atoms with Gasteiger partial charge < -0.3 is 10.1 Å². The van der Waals surface area contributed by atoms with Crippen LogP contribution in [0.15, 0.2) is 22.7 Å². The number of hydrogen-bond acceptors (Lipinski definition) is 2. The van der Waals surface area contributed by atoms with Crippen LogP contribution in [0.25, 0.3) is 0 Å². The zero-order chi connectivity index (χ0) is 15.2. The van der Waals surface area contributed by atoms with Gasteiger partial charge in [0.1, 0.15) is 12.4 Å². The second-order valence-electron chi connectivity index (χ2n) is 4.37. The van der Waals surface area contributed by atoms with Gasteiger partial charge in [-0.3, -0.25) is 0 Å². The Bertz CT molecular complexity index is 405. The lowest BCUT2D eigenvalue weighted by atomic mass is 10.1. The van der Waals surface area contributed by atoms with Crippen molar-refractivity contribution in [2.75, 3.05) is 19.8 Å². The first-order valence-electron chi connectivity index (χ1n) is 6.13. The minimum atomic E-state index is -4.33. The molecule has 2 nitrogen and oxygen atoms in total. The number of nitrogens with one attached hydrogen (secondary N) is 1. The molecule has 0 fully saturated rings. The molecule has 0 saturated carbocycles. The van der Waals surface area contributed by atoms with E-state index in [1.54, 1.807) is 6.07 Å². The topological polar surface area (TPSA) is 21.3 Å². The van der Waals surface area contributed by atoms with Crippen molar-refractivity contribution in [2.45, 2.75) is 25.6 Å². The molecule has 0 spiro atoms. The van der Waals surface area contributed by atoms with Gasteiger partial charge in [0.2, 0.25) is 0 Å². The molecule has 0 saturated heterocycles. The minimum Gasteiger partial charge on any atom is -0.370 e. The molecular weight excluding hydrogens is 342 g/mol. The summed E-state index contributed by atoms with van der Waals surface area (Å²) in [6.45, 7) is 1.08. The summed E-state index contributed by atoms with van der Waals surface area (Å²) >= 11 is 3.18. The van der Waals surface area contributed by atoms with Crippen molar-refractivity contribution in [3.63, 3.8) is 0 Å². The van der Waals surface area contributed by atoms with Crippen LogP contribution in [-0.2, 0) is 11.2 Å². The van der Waals surface area contributed by atoms with Gasteiger partial charge in [0.25, 0.3) is 0 Å². The van der Waals surface area contributed by atoms with Crippen molar-refractivity contribution in [1.29, 1.82) is 0 Å². The van der Waals surface area contributed by atoms with Crippen LogP contribution < -0.4 is 5.32 Å². The smallest absolute Gasteiger partial charge is 0.370 e. The standard InChI is InChI=1S/C13H16BrF4NO/c1-2-19-12(7-20-8-13(16,17)18)5-9-3-10(14)6-11(15)4-9/h3-4,6,12,19H,2,5,7-8H2,1H3. The van der Waals surface area contributed by atoms with Crippen molar-refractivity contribution in [2.24, 2.45) is 0 Å². The molecule has 0 aromatic heterocycles. The van der Waals surface area contributed by atoms with Crippen molar-refractivity contribution in [3.05, 3.63) is 34.1 Å². The second-order valence-corrected chi connectivity index (χ2v) is 5.28. The number of benzene rings is 1. The molecule has 1 atom stereocenters. The molecule has 1 aromatic rings. The van der Waals surface area contributed by atoms with Crippen LogP contribution in [0.2, 0.25) is 0 Å². The van der Waals surface area contributed by atoms with E-state index >= 15 is 0 Å². The summed E-state index contributed by atoms with van der Waals surface area (Å²) in [6.07, 6.45) is -3.94. The molecule has 7 heteroatoms. The first-order valence-corrected chi connectivity index (χ1v) is 6.92. The summed E-state index contributed by atoms with van der Waals surface area (Å²) in [7, 11) is 0. The zero-order valence-electron chi connectivity index (χ0n) is 10.9. The van der Waals surface area contributed by atoms with Crippen molar-refractivity contribution < 1.29 is 22.3 Å². The first-order chi connectivity index (χ1) is 9.30. The lowest BCUT2D eigenvalue weighted by Crippen LogP contribution is -2.36. The fourth-order valence-corrected chi connectivity index (χ4v) is 2.32. The van der Waals surface area contributed by atoms with Crippen LogP contribution in [0.5, 0.6) is 0 Å². The van der Waals surface area contributed by atoms with Gasteiger partial charge in [-0.2, -0.15) is 13.2 Å². The zero-order valence-corrected chi connectivity index (χ0v) is 12.5. The number of halogens is 5. The fraction of sp³-hybridized carbons (Fsp3) is 0.538. The Morgan fingerprint density at radius 2 is 2.00 bits per heavy atom. The molecule has 0 heterocycles. The van der Waals surface area contributed by atoms with Crippen LogP contribution in [-0.4, -0.2) is 32.0 Å². The molecule has 20 heavy (non-hydrogen) atoms. The van der Waals surface area contributed by atoms with E-state index in [1.807, 2.05) is 6.92 Å². The predicted molar refractivity (Wildman–Crippen MR) is 72.1 cm³/mol. The molecule has 0 aliphatic carbocycles. The highest BCUT2D eigenvalue weighted by molar-refractivity contribution is 9.10. The number of ether oxygens (including phenoxy) is 1. The lowest BCUT2D eigenvalue weighted by Gasteiger charge is -2.19. The van der Waals surface area contributed by atoms with E-state index in [2.05, 4.69) is 26.0 Å². The van der Waals surface area contributed by atoms with Gasteiger partial charge in [-0.25, -0.2) is 4.39 Å². The molecule has 114 valence electrons. The predicted octanol–water partition coefficient (Wildman–Crippen LogP) is 3.69. The van der Waals surface area contributed by atoms with Crippen LogP contribution >= 0.6 is 15.9 Å². The van der Waals surface area contributed by atoms with Crippen LogP contribution in [0.3, 0.4) is 0 Å². The summed E-state index contributed by atoms with van der Waals surface area (Å²) in [6, 6.07) is 4.12. The van der Waals surface area contributed by atoms with Gasteiger partial charge in [-0.15, -0.1) is 0 Å². The molecule has 0 aliphatic heterocycles. The normalized spacial score (nSPS) is 13.5. The molecular formula is C13H16BrF4NO. The average molecular weight is 358 g/mol. The van der Waals surface area contributed by atoms with E-state index in [0.29, 0.717) is 23.0 Å². The van der Waals surface area contributed by atoms with E-state index < -0.39 is 12.8 Å². The third-order valence-corrected chi connectivity index (χ3v) is 2.94. The molecule has 0 aliphatic rings. The third-order valence-electron chi connectivity index (χ3n) is 2.48. The van der Waals surface area contributed by atoms with Crippen molar-refractivity contribution >= 4 is 15.9 Å². The average Bonchev–Trinajstić information content (AvgIpc) is 2.25. The largest absolute Gasteiger partial charge is 0.411 e. The molecule has 1 aromatic carbocycles. The maximum atomic E-state index is 13.2. The Morgan fingerprint density at radius 3 is 2.55 bits per heavy atom. The minimum absolute atomic E-state index is 0.0819. The Hall–Kier alpha value is -0.660. The van der Waals surface area contributed by atoms with Gasteiger partial charge in [0, 0.05) is 10.5 Å². The van der Waals surface area contributed by atoms with Gasteiger partial charge in [-0.1, -0.05) is 22.9 Å². The Kier molecular flexibility index (Phi) is 6.91. The Labute approximate surface area is 123 Å². The summed E-state index contributed by atoms with van der Waals surface area (Å²) in [5.74, 6) is -0.388. The quantitative estimate of drug-likeness (QED) is 0.751. The maximum absolute atomic E-state index is 13.2. The molecule has 1 rings (SSSR count). The molecule has 0 bridgehead atoms. The monoisotopic (exact) mass is 357 g/mol. The van der Waals surface area contributed by atoms with Crippen molar-refractivity contribution in [3.8, 4) is 0 Å². The van der Waals surface area contributed by atoms with Gasteiger partial charge in [0.15, 0.2) is 0 Å². The van der Waals surface area contributed by atoms with E-state index in [-0.39, 0.29) is 18.5 Å². The number of likely N-dealkylation sites (N-methyl/N-ethyl adjacent to an activating group) is 1. The molecule has 1 unspecified atom stereocenters.